The average Bonchev–Trinajstić information content (AvgIpc) is 2.41. The summed E-state index contributed by atoms with van der Waals surface area (Å²) >= 11 is 17.0. The van der Waals surface area contributed by atoms with Gasteiger partial charge in [-0.3, -0.25) is 0 Å². The minimum atomic E-state index is 0.736. The molecule has 0 nitrogen and oxygen atoms in total. The fraction of sp³-hybridized carbons (Fsp3) is 1.00. The zero-order valence-electron chi connectivity index (χ0n) is 11.3. The van der Waals surface area contributed by atoms with Crippen LogP contribution in [0.15, 0.2) is 0 Å². The lowest BCUT2D eigenvalue weighted by Gasteiger charge is -2.28. The topological polar surface area (TPSA) is 0 Å². The molecule has 0 spiro atoms. The number of rotatable bonds is 7. The Kier molecular flexibility index (Phi) is 17.3. The molecule has 6 heteroatoms. The molecule has 0 aliphatic carbocycles. The Balaban J connectivity index is 0.000000873. The summed E-state index contributed by atoms with van der Waals surface area (Å²) in [5.41, 5.74) is 0. The first-order valence-electron chi connectivity index (χ1n) is 6.48. The quantitative estimate of drug-likeness (QED) is 0.468. The first kappa shape index (κ1) is 20.1. The highest BCUT2D eigenvalue weighted by Crippen LogP contribution is 2.42. The molecule has 1 aliphatic rings. The number of thioether (sulfide) groups is 4. The van der Waals surface area contributed by atoms with Crippen LogP contribution in [0.3, 0.4) is 0 Å². The van der Waals surface area contributed by atoms with Gasteiger partial charge in [-0.15, -0.1) is 47.0 Å². The molecule has 0 amide bonds. The van der Waals surface area contributed by atoms with Crippen molar-refractivity contribution in [2.45, 2.75) is 35.9 Å². The molecule has 0 aromatic rings. The third-order valence-corrected chi connectivity index (χ3v) is 9.53. The van der Waals surface area contributed by atoms with Crippen LogP contribution in [0.1, 0.15) is 26.7 Å². The van der Waals surface area contributed by atoms with Crippen LogP contribution in [0.4, 0.5) is 0 Å². The van der Waals surface area contributed by atoms with E-state index in [4.69, 9.17) is 0 Å². The van der Waals surface area contributed by atoms with E-state index in [1.807, 2.05) is 0 Å². The molecule has 1 rings (SSSR count). The highest BCUT2D eigenvalue weighted by atomic mass is 32.2. The summed E-state index contributed by atoms with van der Waals surface area (Å²) in [6, 6.07) is 0. The number of hydrogen-bond acceptors (Lipinski definition) is 6. The first-order chi connectivity index (χ1) is 8.79. The standard InChI is InChI=1S/C9H18S6.C3H8/c10-2-6-14-9(15-7-3-11)8-12-4-1-5-13-8;1-3-2/h8-11H,1-7H2;3H2,1-2H3. The van der Waals surface area contributed by atoms with Gasteiger partial charge in [-0.1, -0.05) is 20.3 Å². The lowest BCUT2D eigenvalue weighted by atomic mass is 10.6. The molecule has 0 atom stereocenters. The van der Waals surface area contributed by atoms with Gasteiger partial charge in [0.1, 0.15) is 0 Å². The van der Waals surface area contributed by atoms with Gasteiger partial charge in [-0.2, -0.15) is 25.3 Å². The fourth-order valence-corrected chi connectivity index (χ4v) is 8.22. The molecule has 0 N–H and O–H groups in total. The number of thiol groups is 2. The monoisotopic (exact) mass is 362 g/mol. The van der Waals surface area contributed by atoms with Gasteiger partial charge in [0.25, 0.3) is 0 Å². The van der Waals surface area contributed by atoms with Gasteiger partial charge in [-0.25, -0.2) is 0 Å². The highest BCUT2D eigenvalue weighted by Gasteiger charge is 2.25. The second kappa shape index (κ2) is 15.5. The molecule has 0 unspecified atom stereocenters. The van der Waals surface area contributed by atoms with Crippen molar-refractivity contribution in [1.29, 1.82) is 0 Å². The summed E-state index contributed by atoms with van der Waals surface area (Å²) in [4.78, 5) is 0. The summed E-state index contributed by atoms with van der Waals surface area (Å²) in [5.74, 6) is 7.01. The lowest BCUT2D eigenvalue weighted by molar-refractivity contribution is 1.09. The van der Waals surface area contributed by atoms with Crippen LogP contribution in [-0.4, -0.2) is 43.7 Å². The molecule has 0 radical (unpaired) electrons. The molecular weight excluding hydrogens is 337 g/mol. The van der Waals surface area contributed by atoms with Crippen LogP contribution in [0.25, 0.3) is 0 Å². The molecule has 0 bridgehead atoms. The maximum atomic E-state index is 4.29. The second-order valence-corrected chi connectivity index (χ2v) is 10.2. The SMILES string of the molecule is CCC.SCCSC(SCCS)C1SCCCS1. The van der Waals surface area contributed by atoms with Crippen molar-refractivity contribution >= 4 is 72.3 Å². The van der Waals surface area contributed by atoms with Gasteiger partial charge in [-0.05, 0) is 29.4 Å². The normalized spacial score (nSPS) is 16.5. The molecule has 0 aromatic heterocycles. The minimum absolute atomic E-state index is 0.736. The van der Waals surface area contributed by atoms with E-state index in [-0.39, 0.29) is 0 Å². The van der Waals surface area contributed by atoms with Gasteiger partial charge in [0.05, 0.1) is 9.16 Å². The first-order valence-corrected chi connectivity index (χ1v) is 11.9. The Labute approximate surface area is 142 Å². The molecule has 1 saturated heterocycles. The predicted molar refractivity (Wildman–Crippen MR) is 106 cm³/mol. The van der Waals surface area contributed by atoms with Gasteiger partial charge in [0.15, 0.2) is 0 Å². The van der Waals surface area contributed by atoms with Gasteiger partial charge in [0.2, 0.25) is 0 Å². The molecule has 1 aliphatic heterocycles. The Hall–Kier alpha value is 2.10. The Morgan fingerprint density at radius 1 is 1.06 bits per heavy atom. The summed E-state index contributed by atoms with van der Waals surface area (Å²) in [7, 11) is 0. The van der Waals surface area contributed by atoms with Crippen LogP contribution < -0.4 is 0 Å². The third kappa shape index (κ3) is 10.8. The second-order valence-electron chi connectivity index (χ2n) is 3.73. The van der Waals surface area contributed by atoms with E-state index in [9.17, 15) is 0 Å². The molecule has 0 aromatic carbocycles. The van der Waals surface area contributed by atoms with E-state index in [1.54, 1.807) is 0 Å². The van der Waals surface area contributed by atoms with E-state index >= 15 is 0 Å². The molecule has 110 valence electrons. The highest BCUT2D eigenvalue weighted by molar-refractivity contribution is 8.23. The van der Waals surface area contributed by atoms with Crippen LogP contribution in [0.5, 0.6) is 0 Å². The largest absolute Gasteiger partial charge is 0.179 e. The lowest BCUT2D eigenvalue weighted by Crippen LogP contribution is -2.19. The zero-order chi connectivity index (χ0) is 13.6. The third-order valence-electron chi connectivity index (χ3n) is 1.82. The van der Waals surface area contributed by atoms with E-state index in [0.29, 0.717) is 0 Å². The average molecular weight is 363 g/mol. The molecule has 18 heavy (non-hydrogen) atoms. The zero-order valence-corrected chi connectivity index (χ0v) is 16.4. The van der Waals surface area contributed by atoms with Crippen molar-refractivity contribution in [3.8, 4) is 0 Å². The van der Waals surface area contributed by atoms with Crippen molar-refractivity contribution < 1.29 is 0 Å². The van der Waals surface area contributed by atoms with E-state index in [1.165, 1.54) is 35.9 Å². The van der Waals surface area contributed by atoms with Gasteiger partial charge in [0, 0.05) is 11.5 Å². The van der Waals surface area contributed by atoms with Crippen molar-refractivity contribution in [1.82, 2.24) is 0 Å². The van der Waals surface area contributed by atoms with Crippen LogP contribution >= 0.6 is 72.3 Å². The van der Waals surface area contributed by atoms with Crippen LogP contribution in [0, 0.1) is 0 Å². The van der Waals surface area contributed by atoms with Crippen LogP contribution in [0.2, 0.25) is 0 Å². The van der Waals surface area contributed by atoms with Gasteiger partial charge < -0.3 is 0 Å². The minimum Gasteiger partial charge on any atom is -0.179 e. The van der Waals surface area contributed by atoms with Crippen molar-refractivity contribution in [2.24, 2.45) is 0 Å². The maximum absolute atomic E-state index is 4.29. The maximum Gasteiger partial charge on any atom is 0.0712 e. The molecule has 1 heterocycles. The Morgan fingerprint density at radius 2 is 1.50 bits per heavy atom. The molecular formula is C12H26S6. The van der Waals surface area contributed by atoms with E-state index in [0.717, 1.165) is 20.7 Å². The molecule has 1 fully saturated rings. The van der Waals surface area contributed by atoms with Crippen LogP contribution in [-0.2, 0) is 0 Å². The summed E-state index contributed by atoms with van der Waals surface area (Å²) in [6.07, 6.45) is 2.63. The van der Waals surface area contributed by atoms with Crippen molar-refractivity contribution in [3.63, 3.8) is 0 Å². The number of hydrogen-bond donors (Lipinski definition) is 2. The summed E-state index contributed by atoms with van der Waals surface area (Å²) < 4.78 is 1.52. The van der Waals surface area contributed by atoms with Crippen molar-refractivity contribution in [3.05, 3.63) is 0 Å². The fourth-order valence-electron chi connectivity index (χ4n) is 1.21. The predicted octanol–water partition coefficient (Wildman–Crippen LogP) is 5.25. The van der Waals surface area contributed by atoms with Crippen molar-refractivity contribution in [2.75, 3.05) is 34.5 Å². The molecule has 0 saturated carbocycles. The Bertz CT molecular complexity index is 153. The summed E-state index contributed by atoms with van der Waals surface area (Å²) in [5, 5.41) is 0. The van der Waals surface area contributed by atoms with E-state index in [2.05, 4.69) is 86.2 Å². The smallest absolute Gasteiger partial charge is 0.0712 e. The van der Waals surface area contributed by atoms with E-state index < -0.39 is 0 Å². The van der Waals surface area contributed by atoms with Gasteiger partial charge >= 0.3 is 0 Å². The Morgan fingerprint density at radius 3 is 1.89 bits per heavy atom. The summed E-state index contributed by atoms with van der Waals surface area (Å²) in [6.45, 7) is 4.25.